The van der Waals surface area contributed by atoms with Crippen molar-refractivity contribution in [3.63, 3.8) is 0 Å². The summed E-state index contributed by atoms with van der Waals surface area (Å²) in [5, 5.41) is 0.206. The minimum Gasteiger partial charge on any atom is -0.276 e. The number of carbonyl (C=O) groups is 1. The van der Waals surface area contributed by atoms with Gasteiger partial charge in [0.05, 0.1) is 0 Å². The molecule has 64 valence electrons. The molecule has 0 aliphatic rings. The van der Waals surface area contributed by atoms with E-state index in [0.29, 0.717) is 10.6 Å². The van der Waals surface area contributed by atoms with Crippen molar-refractivity contribution in [1.82, 2.24) is 0 Å². The topological polar surface area (TPSA) is 17.1 Å². The van der Waals surface area contributed by atoms with Gasteiger partial charge in [-0.05, 0) is 41.8 Å². The lowest BCUT2D eigenvalue weighted by Crippen LogP contribution is -1.95. The summed E-state index contributed by atoms with van der Waals surface area (Å²) in [6.45, 7) is 1.95. The minimum atomic E-state index is -0.427. The Labute approximate surface area is 81.3 Å². The Morgan fingerprint density at radius 2 is 2.17 bits per heavy atom. The summed E-state index contributed by atoms with van der Waals surface area (Å²) in [4.78, 5) is 10.9. The molecule has 0 fully saturated rings. The molecule has 0 N–H and O–H groups in total. The van der Waals surface area contributed by atoms with Gasteiger partial charge in [-0.15, -0.1) is 0 Å². The van der Waals surface area contributed by atoms with Crippen LogP contribution in [0.15, 0.2) is 18.2 Å². The highest BCUT2D eigenvalue weighted by molar-refractivity contribution is 6.67. The van der Waals surface area contributed by atoms with Crippen LogP contribution < -0.4 is 0 Å². The van der Waals surface area contributed by atoms with Crippen molar-refractivity contribution in [2.75, 3.05) is 0 Å². The smallest absolute Gasteiger partial charge is 0.252 e. The molecule has 12 heavy (non-hydrogen) atoms. The normalized spacial score (nSPS) is 9.92. The van der Waals surface area contributed by atoms with Gasteiger partial charge >= 0.3 is 0 Å². The van der Waals surface area contributed by atoms with E-state index in [1.807, 2.05) is 6.92 Å². The van der Waals surface area contributed by atoms with Crippen LogP contribution in [0.1, 0.15) is 22.8 Å². The molecule has 1 nitrogen and oxygen atoms in total. The van der Waals surface area contributed by atoms with E-state index in [1.165, 1.54) is 0 Å². The van der Waals surface area contributed by atoms with Gasteiger partial charge in [0.15, 0.2) is 0 Å². The molecule has 0 aliphatic carbocycles. The van der Waals surface area contributed by atoms with E-state index in [9.17, 15) is 4.79 Å². The fourth-order valence-corrected chi connectivity index (χ4v) is 1.43. The van der Waals surface area contributed by atoms with Gasteiger partial charge in [-0.2, -0.15) is 0 Å². The third-order valence-electron chi connectivity index (χ3n) is 1.66. The summed E-state index contributed by atoms with van der Waals surface area (Å²) in [7, 11) is 0. The molecule has 3 heteroatoms. The van der Waals surface area contributed by atoms with E-state index in [-0.39, 0.29) is 0 Å². The molecule has 0 heterocycles. The molecule has 0 unspecified atom stereocenters. The van der Waals surface area contributed by atoms with Crippen molar-refractivity contribution in [3.8, 4) is 0 Å². The molecule has 0 bridgehead atoms. The first-order valence-corrected chi connectivity index (χ1v) is 4.39. The third-order valence-corrected chi connectivity index (χ3v) is 2.10. The van der Waals surface area contributed by atoms with Crippen LogP contribution in [-0.2, 0) is 6.42 Å². The van der Waals surface area contributed by atoms with E-state index >= 15 is 0 Å². The van der Waals surface area contributed by atoms with Crippen molar-refractivity contribution in [2.45, 2.75) is 13.3 Å². The quantitative estimate of drug-likeness (QED) is 0.674. The van der Waals surface area contributed by atoms with Crippen molar-refractivity contribution >= 4 is 28.4 Å². The zero-order valence-electron chi connectivity index (χ0n) is 6.60. The fourth-order valence-electron chi connectivity index (χ4n) is 1.05. The summed E-state index contributed by atoms with van der Waals surface area (Å²) in [5.74, 6) is 0. The Kier molecular flexibility index (Phi) is 3.12. The van der Waals surface area contributed by atoms with Crippen molar-refractivity contribution in [3.05, 3.63) is 34.3 Å². The van der Waals surface area contributed by atoms with Crippen molar-refractivity contribution in [1.29, 1.82) is 0 Å². The van der Waals surface area contributed by atoms with Gasteiger partial charge in [0.25, 0.3) is 5.24 Å². The van der Waals surface area contributed by atoms with E-state index in [2.05, 4.69) is 0 Å². The van der Waals surface area contributed by atoms with E-state index in [0.717, 1.165) is 12.0 Å². The maximum absolute atomic E-state index is 10.9. The van der Waals surface area contributed by atoms with E-state index < -0.39 is 5.24 Å². The monoisotopic (exact) mass is 202 g/mol. The molecule has 0 amide bonds. The summed E-state index contributed by atoms with van der Waals surface area (Å²) < 4.78 is 0. The fraction of sp³-hybridized carbons (Fsp3) is 0.222. The summed E-state index contributed by atoms with van der Waals surface area (Å²) in [6.07, 6.45) is 0.758. The van der Waals surface area contributed by atoms with Crippen LogP contribution in [0.4, 0.5) is 0 Å². The summed E-state index contributed by atoms with van der Waals surface area (Å²) in [6, 6.07) is 5.07. The highest BCUT2D eigenvalue weighted by Gasteiger charge is 2.07. The summed E-state index contributed by atoms with van der Waals surface area (Å²) >= 11 is 11.1. The Bertz CT molecular complexity index is 307. The number of aryl methyl sites for hydroxylation is 1. The molecule has 0 atom stereocenters. The number of benzene rings is 1. The molecule has 0 spiro atoms. The molecule has 1 aromatic rings. The first kappa shape index (κ1) is 9.56. The minimum absolute atomic E-state index is 0.427. The molecular formula is C9H8Cl2O. The average molecular weight is 203 g/mol. The first-order chi connectivity index (χ1) is 5.65. The van der Waals surface area contributed by atoms with Gasteiger partial charge in [0.2, 0.25) is 0 Å². The van der Waals surface area contributed by atoms with Crippen LogP contribution in [0.2, 0.25) is 5.02 Å². The number of carbonyl (C=O) groups excluding carboxylic acids is 1. The van der Waals surface area contributed by atoms with Gasteiger partial charge in [0.1, 0.15) is 0 Å². The lowest BCUT2D eigenvalue weighted by atomic mass is 10.1. The van der Waals surface area contributed by atoms with Crippen LogP contribution in [-0.4, -0.2) is 5.24 Å². The average Bonchev–Trinajstić information content (AvgIpc) is 2.03. The SMILES string of the molecule is CCc1cc(Cl)ccc1C(=O)Cl. The number of halogens is 2. The molecule has 0 aliphatic heterocycles. The second kappa shape index (κ2) is 3.92. The molecule has 0 radical (unpaired) electrons. The van der Waals surface area contributed by atoms with Crippen LogP contribution in [0.25, 0.3) is 0 Å². The van der Waals surface area contributed by atoms with Crippen LogP contribution in [0.5, 0.6) is 0 Å². The van der Waals surface area contributed by atoms with Gasteiger partial charge in [-0.1, -0.05) is 18.5 Å². The molecule has 1 rings (SSSR count). The lowest BCUT2D eigenvalue weighted by Gasteiger charge is -2.02. The number of hydrogen-bond donors (Lipinski definition) is 0. The van der Waals surface area contributed by atoms with Crippen LogP contribution in [0.3, 0.4) is 0 Å². The van der Waals surface area contributed by atoms with Crippen molar-refractivity contribution < 1.29 is 4.79 Å². The molecule has 0 saturated carbocycles. The van der Waals surface area contributed by atoms with Crippen molar-refractivity contribution in [2.24, 2.45) is 0 Å². The van der Waals surface area contributed by atoms with Crippen LogP contribution in [0, 0.1) is 0 Å². The van der Waals surface area contributed by atoms with E-state index in [4.69, 9.17) is 23.2 Å². The summed E-state index contributed by atoms with van der Waals surface area (Å²) in [5.41, 5.74) is 1.44. The maximum Gasteiger partial charge on any atom is 0.252 e. The highest BCUT2D eigenvalue weighted by Crippen LogP contribution is 2.18. The van der Waals surface area contributed by atoms with Gasteiger partial charge < -0.3 is 0 Å². The Morgan fingerprint density at radius 3 is 2.67 bits per heavy atom. The third kappa shape index (κ3) is 1.99. The molecular weight excluding hydrogens is 195 g/mol. The standard InChI is InChI=1S/C9H8Cl2O/c1-2-6-5-7(10)3-4-8(6)9(11)12/h3-5H,2H2,1H3. The second-order valence-corrected chi connectivity index (χ2v) is 3.21. The predicted molar refractivity (Wildman–Crippen MR) is 51.0 cm³/mol. The Hall–Kier alpha value is -0.530. The zero-order valence-corrected chi connectivity index (χ0v) is 8.12. The first-order valence-electron chi connectivity index (χ1n) is 3.63. The number of hydrogen-bond acceptors (Lipinski definition) is 1. The number of rotatable bonds is 2. The second-order valence-electron chi connectivity index (χ2n) is 2.43. The Balaban J connectivity index is 3.20. The van der Waals surface area contributed by atoms with Gasteiger partial charge in [-0.3, -0.25) is 4.79 Å². The molecule has 0 aromatic heterocycles. The predicted octanol–water partition coefficient (Wildman–Crippen LogP) is 3.28. The van der Waals surface area contributed by atoms with Crippen LogP contribution >= 0.6 is 23.2 Å². The lowest BCUT2D eigenvalue weighted by molar-refractivity contribution is 0.108. The molecule has 1 aromatic carbocycles. The van der Waals surface area contributed by atoms with E-state index in [1.54, 1.807) is 18.2 Å². The molecule has 0 saturated heterocycles. The Morgan fingerprint density at radius 1 is 1.50 bits per heavy atom. The highest BCUT2D eigenvalue weighted by atomic mass is 35.5. The van der Waals surface area contributed by atoms with Gasteiger partial charge in [0, 0.05) is 10.6 Å². The van der Waals surface area contributed by atoms with Gasteiger partial charge in [-0.25, -0.2) is 0 Å². The maximum atomic E-state index is 10.9. The largest absolute Gasteiger partial charge is 0.276 e. The zero-order chi connectivity index (χ0) is 9.14.